The molecule has 0 atom stereocenters. The quantitative estimate of drug-likeness (QED) is 0.536. The third kappa shape index (κ3) is 2.80. The van der Waals surface area contributed by atoms with Crippen molar-refractivity contribution in [2.45, 2.75) is 26.3 Å². The van der Waals surface area contributed by atoms with Gasteiger partial charge in [0.15, 0.2) is 0 Å². The van der Waals surface area contributed by atoms with Gasteiger partial charge in [-0.15, -0.1) is 0 Å². The smallest absolute Gasteiger partial charge is 0.0304 e. The highest BCUT2D eigenvalue weighted by Gasteiger charge is 2.06. The molecule has 48 valence electrons. The van der Waals surface area contributed by atoms with Crippen LogP contribution >= 0.6 is 0 Å². The van der Waals surface area contributed by atoms with Crippen LogP contribution < -0.4 is 5.32 Å². The lowest BCUT2D eigenvalue weighted by Gasteiger charge is -2.18. The molecule has 0 unspecified atom stereocenters. The highest BCUT2D eigenvalue weighted by Crippen LogP contribution is 2.00. The minimum absolute atomic E-state index is 0.161. The van der Waals surface area contributed by atoms with Crippen molar-refractivity contribution in [3.63, 3.8) is 0 Å². The average Bonchev–Trinajstić information content (AvgIpc) is 1.67. The first-order valence-electron chi connectivity index (χ1n) is 2.95. The van der Waals surface area contributed by atoms with Crippen molar-refractivity contribution >= 4 is 0 Å². The first-order valence-corrected chi connectivity index (χ1v) is 2.95. The maximum Gasteiger partial charge on any atom is 0.0304 e. The molecular formula is C7H15N. The molecule has 0 saturated heterocycles. The third-order valence-corrected chi connectivity index (χ3v) is 1.23. The molecule has 0 spiro atoms. The van der Waals surface area contributed by atoms with E-state index in [1.54, 1.807) is 0 Å². The lowest BCUT2D eigenvalue weighted by Crippen LogP contribution is -2.33. The Hall–Kier alpha value is -0.300. The van der Waals surface area contributed by atoms with Gasteiger partial charge in [-0.2, -0.15) is 0 Å². The van der Waals surface area contributed by atoms with Crippen LogP contribution in [0.2, 0.25) is 0 Å². The number of allylic oxidation sites excluding steroid dienone is 1. The molecule has 1 nitrogen and oxygen atoms in total. The number of likely N-dealkylation sites (N-methyl/N-ethyl adjacent to an activating group) is 1. The van der Waals surface area contributed by atoms with Crippen LogP contribution in [0.1, 0.15) is 20.8 Å². The summed E-state index contributed by atoms with van der Waals surface area (Å²) in [5.41, 5.74) is 0.161. The second kappa shape index (κ2) is 2.88. The predicted molar refractivity (Wildman–Crippen MR) is 38.0 cm³/mol. The lowest BCUT2D eigenvalue weighted by atomic mass is 10.1. The van der Waals surface area contributed by atoms with Crippen molar-refractivity contribution in [3.05, 3.63) is 12.2 Å². The van der Waals surface area contributed by atoms with Gasteiger partial charge >= 0.3 is 0 Å². The molecule has 0 fully saturated rings. The summed E-state index contributed by atoms with van der Waals surface area (Å²) in [6, 6.07) is 0. The molecular weight excluding hydrogens is 98.1 g/mol. The molecule has 1 N–H and O–H groups in total. The van der Waals surface area contributed by atoms with E-state index in [1.165, 1.54) is 0 Å². The molecule has 0 radical (unpaired) electrons. The Morgan fingerprint density at radius 1 is 1.38 bits per heavy atom. The summed E-state index contributed by atoms with van der Waals surface area (Å²) in [5.74, 6) is 0. The summed E-state index contributed by atoms with van der Waals surface area (Å²) in [6.45, 7) is 6.29. The fraction of sp³-hybridized carbons (Fsp3) is 0.714. The molecule has 0 heterocycles. The zero-order valence-corrected chi connectivity index (χ0v) is 6.15. The lowest BCUT2D eigenvalue weighted by molar-refractivity contribution is 0.527. The van der Waals surface area contributed by atoms with Crippen LogP contribution in [0.3, 0.4) is 0 Å². The Bertz CT molecular complexity index is 82.4. The molecule has 0 aromatic carbocycles. The van der Waals surface area contributed by atoms with Crippen LogP contribution in [-0.4, -0.2) is 12.6 Å². The summed E-state index contributed by atoms with van der Waals surface area (Å²) in [4.78, 5) is 0. The van der Waals surface area contributed by atoms with Gasteiger partial charge in [0.25, 0.3) is 0 Å². The van der Waals surface area contributed by atoms with Gasteiger partial charge in [-0.3, -0.25) is 0 Å². The molecule has 0 aliphatic rings. The average molecular weight is 113 g/mol. The second-order valence-corrected chi connectivity index (χ2v) is 2.47. The van der Waals surface area contributed by atoms with Gasteiger partial charge in [0, 0.05) is 5.54 Å². The van der Waals surface area contributed by atoms with Gasteiger partial charge < -0.3 is 5.32 Å². The van der Waals surface area contributed by atoms with Crippen molar-refractivity contribution < 1.29 is 0 Å². The van der Waals surface area contributed by atoms with E-state index >= 15 is 0 Å². The summed E-state index contributed by atoms with van der Waals surface area (Å²) >= 11 is 0. The molecule has 0 bridgehead atoms. The molecule has 0 aliphatic carbocycles. The van der Waals surface area contributed by atoms with E-state index in [0.717, 1.165) is 0 Å². The van der Waals surface area contributed by atoms with Gasteiger partial charge in [-0.1, -0.05) is 12.2 Å². The SMILES string of the molecule is C/C=C/C(C)(C)NC. The number of hydrogen-bond acceptors (Lipinski definition) is 1. The molecule has 0 amide bonds. The van der Waals surface area contributed by atoms with Gasteiger partial charge in [0.2, 0.25) is 0 Å². The Kier molecular flexibility index (Phi) is 2.77. The Labute approximate surface area is 51.8 Å². The molecule has 0 aromatic rings. The van der Waals surface area contributed by atoms with Crippen molar-refractivity contribution in [1.82, 2.24) is 5.32 Å². The van der Waals surface area contributed by atoms with Gasteiger partial charge in [-0.25, -0.2) is 0 Å². The summed E-state index contributed by atoms with van der Waals surface area (Å²) < 4.78 is 0. The summed E-state index contributed by atoms with van der Waals surface area (Å²) in [5, 5.41) is 3.16. The van der Waals surface area contributed by atoms with E-state index in [-0.39, 0.29) is 5.54 Å². The molecule has 0 aromatic heterocycles. The van der Waals surface area contributed by atoms with E-state index in [0.29, 0.717) is 0 Å². The predicted octanol–water partition coefficient (Wildman–Crippen LogP) is 1.56. The maximum atomic E-state index is 3.16. The molecule has 1 heteroatoms. The number of hydrogen-bond donors (Lipinski definition) is 1. The van der Waals surface area contributed by atoms with E-state index in [2.05, 4.69) is 31.3 Å². The van der Waals surface area contributed by atoms with Crippen LogP contribution in [0.4, 0.5) is 0 Å². The van der Waals surface area contributed by atoms with Crippen LogP contribution in [0.5, 0.6) is 0 Å². The van der Waals surface area contributed by atoms with E-state index in [4.69, 9.17) is 0 Å². The molecule has 0 aliphatic heterocycles. The van der Waals surface area contributed by atoms with Gasteiger partial charge in [0.1, 0.15) is 0 Å². The minimum atomic E-state index is 0.161. The van der Waals surface area contributed by atoms with Crippen LogP contribution in [0.25, 0.3) is 0 Å². The molecule has 8 heavy (non-hydrogen) atoms. The maximum absolute atomic E-state index is 3.16. The standard InChI is InChI=1S/C7H15N/c1-5-6-7(2,3)8-4/h5-6,8H,1-4H3/b6-5+. The Morgan fingerprint density at radius 3 is 2.00 bits per heavy atom. The normalized spacial score (nSPS) is 13.0. The van der Waals surface area contributed by atoms with E-state index in [1.807, 2.05) is 14.0 Å². The summed E-state index contributed by atoms with van der Waals surface area (Å²) in [7, 11) is 1.96. The van der Waals surface area contributed by atoms with E-state index < -0.39 is 0 Å². The zero-order valence-electron chi connectivity index (χ0n) is 6.15. The first kappa shape index (κ1) is 7.70. The minimum Gasteiger partial charge on any atom is -0.311 e. The topological polar surface area (TPSA) is 12.0 Å². The van der Waals surface area contributed by atoms with Crippen molar-refractivity contribution in [2.75, 3.05) is 7.05 Å². The highest BCUT2D eigenvalue weighted by atomic mass is 14.9. The Balaban J connectivity index is 3.71. The molecule has 0 rings (SSSR count). The third-order valence-electron chi connectivity index (χ3n) is 1.23. The fourth-order valence-corrected chi connectivity index (χ4v) is 0.500. The van der Waals surface area contributed by atoms with Crippen LogP contribution in [0, 0.1) is 0 Å². The molecule has 0 saturated carbocycles. The Morgan fingerprint density at radius 2 is 1.88 bits per heavy atom. The van der Waals surface area contributed by atoms with Crippen LogP contribution in [-0.2, 0) is 0 Å². The monoisotopic (exact) mass is 113 g/mol. The zero-order chi connectivity index (χ0) is 6.62. The van der Waals surface area contributed by atoms with Gasteiger partial charge in [-0.05, 0) is 27.8 Å². The van der Waals surface area contributed by atoms with Crippen molar-refractivity contribution in [2.24, 2.45) is 0 Å². The van der Waals surface area contributed by atoms with Crippen molar-refractivity contribution in [1.29, 1.82) is 0 Å². The number of rotatable bonds is 2. The number of nitrogens with one attached hydrogen (secondary N) is 1. The van der Waals surface area contributed by atoms with Gasteiger partial charge in [0.05, 0.1) is 0 Å². The highest BCUT2D eigenvalue weighted by molar-refractivity contribution is 4.98. The van der Waals surface area contributed by atoms with E-state index in [9.17, 15) is 0 Å². The largest absolute Gasteiger partial charge is 0.311 e. The summed E-state index contributed by atoms with van der Waals surface area (Å²) in [6.07, 6.45) is 4.18. The van der Waals surface area contributed by atoms with Crippen LogP contribution in [0.15, 0.2) is 12.2 Å². The first-order chi connectivity index (χ1) is 3.62. The second-order valence-electron chi connectivity index (χ2n) is 2.47. The fourth-order valence-electron chi connectivity index (χ4n) is 0.500. The van der Waals surface area contributed by atoms with Crippen molar-refractivity contribution in [3.8, 4) is 0 Å².